The Balaban J connectivity index is 1.49. The molecule has 9 heteroatoms. The summed E-state index contributed by atoms with van der Waals surface area (Å²) in [5, 5.41) is 10.6. The van der Waals surface area contributed by atoms with Crippen LogP contribution >= 0.6 is 11.3 Å². The van der Waals surface area contributed by atoms with Crippen molar-refractivity contribution in [2.24, 2.45) is 0 Å². The fourth-order valence-electron chi connectivity index (χ4n) is 3.19. The van der Waals surface area contributed by atoms with Gasteiger partial charge in [0.25, 0.3) is 5.56 Å². The maximum atomic E-state index is 12.5. The number of carbonyl (C=O) groups is 1. The minimum atomic E-state index is -0.366. The monoisotopic (exact) mass is 435 g/mol. The highest BCUT2D eigenvalue weighted by Crippen LogP contribution is 2.26. The largest absolute Gasteiger partial charge is 0.497 e. The summed E-state index contributed by atoms with van der Waals surface area (Å²) in [7, 11) is 1.61. The molecule has 8 nitrogen and oxygen atoms in total. The number of urea groups is 1. The second kappa shape index (κ2) is 8.57. The second-order valence-electron chi connectivity index (χ2n) is 7.10. The van der Waals surface area contributed by atoms with E-state index in [-0.39, 0.29) is 18.1 Å². The molecule has 0 spiro atoms. The Morgan fingerprint density at radius 2 is 1.81 bits per heavy atom. The molecule has 0 bridgehead atoms. The molecule has 0 atom stereocenters. The van der Waals surface area contributed by atoms with E-state index in [1.807, 2.05) is 56.3 Å². The summed E-state index contributed by atoms with van der Waals surface area (Å²) in [6.45, 7) is 4.06. The van der Waals surface area contributed by atoms with E-state index in [0.717, 1.165) is 22.4 Å². The van der Waals surface area contributed by atoms with Crippen LogP contribution in [0.4, 0.5) is 10.5 Å². The third-order valence-corrected chi connectivity index (χ3v) is 5.50. The summed E-state index contributed by atoms with van der Waals surface area (Å²) in [6.07, 6.45) is 0. The van der Waals surface area contributed by atoms with Gasteiger partial charge in [0.15, 0.2) is 0 Å². The maximum absolute atomic E-state index is 12.5. The van der Waals surface area contributed by atoms with Crippen molar-refractivity contribution in [3.8, 4) is 16.3 Å². The van der Waals surface area contributed by atoms with E-state index in [9.17, 15) is 9.59 Å². The van der Waals surface area contributed by atoms with Gasteiger partial charge in [0.05, 0.1) is 19.3 Å². The van der Waals surface area contributed by atoms with Crippen molar-refractivity contribution in [3.05, 3.63) is 75.7 Å². The van der Waals surface area contributed by atoms with Crippen LogP contribution in [-0.4, -0.2) is 27.7 Å². The van der Waals surface area contributed by atoms with Gasteiger partial charge in [0, 0.05) is 17.3 Å². The number of hydrogen-bond donors (Lipinski definition) is 2. The van der Waals surface area contributed by atoms with E-state index in [1.54, 1.807) is 7.11 Å². The number of aromatic nitrogens is 3. The van der Waals surface area contributed by atoms with E-state index < -0.39 is 0 Å². The zero-order valence-electron chi connectivity index (χ0n) is 17.3. The van der Waals surface area contributed by atoms with Crippen LogP contribution in [0.25, 0.3) is 15.5 Å². The van der Waals surface area contributed by atoms with Gasteiger partial charge in [-0.1, -0.05) is 17.4 Å². The normalized spacial score (nSPS) is 10.8. The molecule has 0 unspecified atom stereocenters. The lowest BCUT2D eigenvalue weighted by Crippen LogP contribution is -2.29. The molecule has 2 aromatic heterocycles. The van der Waals surface area contributed by atoms with Crippen LogP contribution in [0.1, 0.15) is 16.8 Å². The number of carbonyl (C=O) groups excluding carboxylic acids is 1. The van der Waals surface area contributed by atoms with Crippen molar-refractivity contribution < 1.29 is 9.53 Å². The number of methoxy groups -OCH3 is 1. The summed E-state index contributed by atoms with van der Waals surface area (Å²) < 4.78 is 6.44. The quantitative estimate of drug-likeness (QED) is 0.497. The third-order valence-electron chi connectivity index (χ3n) is 4.54. The first-order valence-electron chi connectivity index (χ1n) is 9.58. The summed E-state index contributed by atoms with van der Waals surface area (Å²) >= 11 is 1.30. The van der Waals surface area contributed by atoms with Gasteiger partial charge in [-0.05, 0) is 61.4 Å². The molecule has 0 fully saturated rings. The highest BCUT2D eigenvalue weighted by atomic mass is 32.1. The number of benzene rings is 2. The van der Waals surface area contributed by atoms with Crippen LogP contribution < -0.4 is 20.9 Å². The van der Waals surface area contributed by atoms with Crippen LogP contribution in [0, 0.1) is 13.8 Å². The number of nitrogens with one attached hydrogen (secondary N) is 2. The number of nitrogens with zero attached hydrogens (tertiary/aromatic N) is 3. The van der Waals surface area contributed by atoms with Crippen LogP contribution in [0.3, 0.4) is 0 Å². The molecule has 0 aliphatic heterocycles. The minimum absolute atomic E-state index is 0.123. The number of hydrogen-bond acceptors (Lipinski definition) is 6. The van der Waals surface area contributed by atoms with Crippen LogP contribution in [0.2, 0.25) is 0 Å². The van der Waals surface area contributed by atoms with Gasteiger partial charge >= 0.3 is 6.03 Å². The summed E-state index contributed by atoms with van der Waals surface area (Å²) in [5.41, 5.74) is 3.87. The molecule has 158 valence electrons. The Kier molecular flexibility index (Phi) is 5.68. The lowest BCUT2D eigenvalue weighted by molar-refractivity contribution is 0.251. The van der Waals surface area contributed by atoms with Gasteiger partial charge in [0.1, 0.15) is 10.8 Å². The maximum Gasteiger partial charge on any atom is 0.319 e. The van der Waals surface area contributed by atoms with E-state index in [4.69, 9.17) is 4.74 Å². The predicted octanol–water partition coefficient (Wildman–Crippen LogP) is 3.77. The van der Waals surface area contributed by atoms with Crippen molar-refractivity contribution in [2.45, 2.75) is 20.4 Å². The van der Waals surface area contributed by atoms with E-state index >= 15 is 0 Å². The summed E-state index contributed by atoms with van der Waals surface area (Å²) in [5.74, 6) is 0.743. The van der Waals surface area contributed by atoms with Gasteiger partial charge in [-0.25, -0.2) is 9.78 Å². The average Bonchev–Trinajstić information content (AvgIpc) is 3.16. The number of aryl methyl sites for hydroxylation is 2. The molecular formula is C22H21N5O3S. The number of ether oxygens (including phenoxy) is 1. The Morgan fingerprint density at radius 1 is 1.10 bits per heavy atom. The van der Waals surface area contributed by atoms with Gasteiger partial charge in [-0.3, -0.25) is 4.79 Å². The number of anilines is 1. The highest BCUT2D eigenvalue weighted by Gasteiger charge is 2.12. The molecule has 0 aliphatic carbocycles. The van der Waals surface area contributed by atoms with Crippen molar-refractivity contribution in [2.75, 3.05) is 12.4 Å². The Hall–Kier alpha value is -3.72. The molecule has 0 radical (unpaired) electrons. The van der Waals surface area contributed by atoms with Crippen molar-refractivity contribution >= 4 is 28.0 Å². The molecule has 0 saturated carbocycles. The zero-order valence-corrected chi connectivity index (χ0v) is 18.1. The minimum Gasteiger partial charge on any atom is -0.497 e. The molecule has 0 saturated heterocycles. The molecule has 2 amide bonds. The summed E-state index contributed by atoms with van der Waals surface area (Å²) in [6, 6.07) is 14.2. The van der Waals surface area contributed by atoms with Gasteiger partial charge in [0.2, 0.25) is 4.96 Å². The van der Waals surface area contributed by atoms with Crippen LogP contribution in [0.5, 0.6) is 5.75 Å². The first-order valence-corrected chi connectivity index (χ1v) is 10.4. The van der Waals surface area contributed by atoms with E-state index in [1.165, 1.54) is 21.9 Å². The van der Waals surface area contributed by atoms with Gasteiger partial charge in [-0.2, -0.15) is 9.61 Å². The molecule has 4 aromatic rings. The molecule has 0 aliphatic rings. The smallest absolute Gasteiger partial charge is 0.319 e. The fraction of sp³-hybridized carbons (Fsp3) is 0.182. The highest BCUT2D eigenvalue weighted by molar-refractivity contribution is 7.19. The number of fused-ring (bicyclic) bond motifs is 1. The van der Waals surface area contributed by atoms with Gasteiger partial charge < -0.3 is 15.4 Å². The molecule has 31 heavy (non-hydrogen) atoms. The lowest BCUT2D eigenvalue weighted by atomic mass is 10.1. The topological polar surface area (TPSA) is 97.6 Å². The Morgan fingerprint density at radius 3 is 2.48 bits per heavy atom. The third kappa shape index (κ3) is 4.72. The first kappa shape index (κ1) is 20.5. The molecule has 2 aromatic carbocycles. The molecular weight excluding hydrogens is 414 g/mol. The number of rotatable bonds is 5. The first-order chi connectivity index (χ1) is 14.9. The second-order valence-corrected chi connectivity index (χ2v) is 8.06. The molecule has 2 heterocycles. The molecule has 2 N–H and O–H groups in total. The SMILES string of the molecule is COc1ccc(-c2nn3c(=O)cc(CNC(=O)Nc4cc(C)cc(C)c4)nc3s2)cc1. The Labute approximate surface area is 182 Å². The average molecular weight is 436 g/mol. The lowest BCUT2D eigenvalue weighted by Gasteiger charge is -2.09. The van der Waals surface area contributed by atoms with E-state index in [2.05, 4.69) is 20.7 Å². The van der Waals surface area contributed by atoms with Crippen LogP contribution in [-0.2, 0) is 6.54 Å². The standard InChI is InChI=1S/C22H21N5O3S/c1-13-8-14(2)10-16(9-13)24-21(29)23-12-17-11-19(28)27-22(25-17)31-20(26-27)15-4-6-18(30-3)7-5-15/h4-11H,12H2,1-3H3,(H2,23,24,29). The zero-order chi connectivity index (χ0) is 22.0. The Bertz CT molecular complexity index is 1290. The van der Waals surface area contributed by atoms with Crippen molar-refractivity contribution in [3.63, 3.8) is 0 Å². The predicted molar refractivity (Wildman–Crippen MR) is 121 cm³/mol. The fourth-order valence-corrected chi connectivity index (χ4v) is 4.12. The van der Waals surface area contributed by atoms with Crippen molar-refractivity contribution in [1.82, 2.24) is 19.9 Å². The van der Waals surface area contributed by atoms with Gasteiger partial charge in [-0.15, -0.1) is 0 Å². The van der Waals surface area contributed by atoms with Crippen molar-refractivity contribution in [1.29, 1.82) is 0 Å². The molecule has 4 rings (SSSR count). The summed E-state index contributed by atoms with van der Waals surface area (Å²) in [4.78, 5) is 29.7. The van der Waals surface area contributed by atoms with Crippen LogP contribution in [0.15, 0.2) is 53.3 Å². The van der Waals surface area contributed by atoms with E-state index in [0.29, 0.717) is 21.3 Å². The number of amides is 2.